The zero-order valence-corrected chi connectivity index (χ0v) is 10.3. The molecule has 0 aliphatic carbocycles. The number of hydrogen-bond acceptors (Lipinski definition) is 3. The van der Waals surface area contributed by atoms with Crippen LogP contribution in [0, 0.1) is 5.82 Å². The normalized spacial score (nSPS) is 10.6. The van der Waals surface area contributed by atoms with E-state index in [1.54, 1.807) is 12.1 Å². The molecular weight excluding hydrogens is 286 g/mol. The van der Waals surface area contributed by atoms with E-state index in [0.29, 0.717) is 11.8 Å². The number of hydrogen-bond donors (Lipinski definition) is 0. The molecule has 2 heterocycles. The summed E-state index contributed by atoms with van der Waals surface area (Å²) in [7, 11) is 0. The zero-order valence-electron chi connectivity index (χ0n) is 8.63. The van der Waals surface area contributed by atoms with Crippen molar-refractivity contribution in [2.75, 3.05) is 0 Å². The molecule has 3 nitrogen and oxygen atoms in total. The van der Waals surface area contributed by atoms with E-state index >= 15 is 0 Å². The van der Waals surface area contributed by atoms with Crippen molar-refractivity contribution >= 4 is 14.5 Å². The van der Waals surface area contributed by atoms with Crippen LogP contribution in [-0.4, -0.2) is 24.7 Å². The first-order valence-electron chi connectivity index (χ1n) is 4.96. The van der Waals surface area contributed by atoms with E-state index in [0.717, 1.165) is 10.0 Å². The van der Waals surface area contributed by atoms with E-state index in [9.17, 15) is 4.39 Å². The fraction of sp³-hybridized carbons (Fsp3) is 0. The molecule has 17 heavy (non-hydrogen) atoms. The van der Waals surface area contributed by atoms with E-state index in [1.807, 2.05) is 12.1 Å². The topological polar surface area (TPSA) is 38.9 Å². The van der Waals surface area contributed by atoms with Gasteiger partial charge in [0.25, 0.3) is 0 Å². The van der Waals surface area contributed by atoms with Crippen molar-refractivity contribution in [3.05, 3.63) is 47.2 Å². The molecule has 0 atom stereocenters. The van der Waals surface area contributed by atoms with Crippen LogP contribution >= 0.6 is 0 Å². The first kappa shape index (κ1) is 10.4. The van der Waals surface area contributed by atoms with Crippen molar-refractivity contribution in [1.82, 2.24) is 10.2 Å². The standard InChI is InChI=1S/C12H7FN2OSe/c13-9-5-3-8(4-6-9)11-14-15-12(16-11)10-2-1-7-17-10/h1-7H. The van der Waals surface area contributed by atoms with Crippen molar-refractivity contribution < 1.29 is 8.81 Å². The number of aromatic nitrogens is 2. The Bertz CT molecular complexity index is 616. The fourth-order valence-electron chi connectivity index (χ4n) is 1.43. The van der Waals surface area contributed by atoms with Gasteiger partial charge in [-0.3, -0.25) is 0 Å². The minimum atomic E-state index is -0.278. The first-order chi connectivity index (χ1) is 8.33. The molecule has 84 valence electrons. The van der Waals surface area contributed by atoms with Crippen molar-refractivity contribution in [3.8, 4) is 21.8 Å². The van der Waals surface area contributed by atoms with Crippen LogP contribution in [0.1, 0.15) is 0 Å². The van der Waals surface area contributed by atoms with E-state index in [4.69, 9.17) is 4.42 Å². The van der Waals surface area contributed by atoms with Crippen LogP contribution in [0.5, 0.6) is 0 Å². The Morgan fingerprint density at radius 3 is 2.47 bits per heavy atom. The quantitative estimate of drug-likeness (QED) is 0.682. The van der Waals surface area contributed by atoms with E-state index < -0.39 is 0 Å². The summed E-state index contributed by atoms with van der Waals surface area (Å²) in [5, 5.41) is 7.96. The molecule has 0 aliphatic heterocycles. The SMILES string of the molecule is Fc1ccc(-c2nnc(-c3ccc[se]3)o2)cc1. The molecule has 0 spiro atoms. The number of benzene rings is 1. The molecule has 5 heteroatoms. The molecule has 0 saturated heterocycles. The number of rotatable bonds is 2. The van der Waals surface area contributed by atoms with Gasteiger partial charge in [0.2, 0.25) is 0 Å². The summed E-state index contributed by atoms with van der Waals surface area (Å²) in [6.07, 6.45) is 0. The van der Waals surface area contributed by atoms with Crippen molar-refractivity contribution in [1.29, 1.82) is 0 Å². The summed E-state index contributed by atoms with van der Waals surface area (Å²) >= 11 is 0.270. The summed E-state index contributed by atoms with van der Waals surface area (Å²) in [4.78, 5) is 2.09. The van der Waals surface area contributed by atoms with Gasteiger partial charge in [-0.1, -0.05) is 0 Å². The van der Waals surface area contributed by atoms with Crippen molar-refractivity contribution in [2.24, 2.45) is 0 Å². The zero-order chi connectivity index (χ0) is 11.7. The van der Waals surface area contributed by atoms with Crippen LogP contribution in [0.2, 0.25) is 0 Å². The van der Waals surface area contributed by atoms with Crippen LogP contribution in [0.4, 0.5) is 4.39 Å². The third kappa shape index (κ3) is 2.07. The Morgan fingerprint density at radius 1 is 1.00 bits per heavy atom. The van der Waals surface area contributed by atoms with Gasteiger partial charge in [0.05, 0.1) is 0 Å². The van der Waals surface area contributed by atoms with Crippen LogP contribution < -0.4 is 0 Å². The van der Waals surface area contributed by atoms with Crippen LogP contribution in [-0.2, 0) is 0 Å². The molecule has 0 saturated carbocycles. The van der Waals surface area contributed by atoms with Gasteiger partial charge in [0.1, 0.15) is 0 Å². The van der Waals surface area contributed by atoms with Gasteiger partial charge in [0, 0.05) is 0 Å². The third-order valence-electron chi connectivity index (χ3n) is 2.25. The molecular formula is C12H7FN2OSe. The summed E-state index contributed by atoms with van der Waals surface area (Å²) in [6.45, 7) is 0. The predicted molar refractivity (Wildman–Crippen MR) is 62.1 cm³/mol. The molecule has 0 fully saturated rings. The van der Waals surface area contributed by atoms with Gasteiger partial charge in [-0.15, -0.1) is 0 Å². The summed E-state index contributed by atoms with van der Waals surface area (Å²) in [5.41, 5.74) is 0.726. The molecule has 0 unspecified atom stereocenters. The van der Waals surface area contributed by atoms with Gasteiger partial charge in [0.15, 0.2) is 0 Å². The third-order valence-corrected chi connectivity index (χ3v) is 4.05. The second kappa shape index (κ2) is 4.28. The average Bonchev–Trinajstić information content (AvgIpc) is 3.00. The maximum atomic E-state index is 12.8. The number of halogens is 1. The maximum absolute atomic E-state index is 12.8. The molecule has 0 N–H and O–H groups in total. The van der Waals surface area contributed by atoms with Crippen LogP contribution in [0.15, 0.2) is 45.8 Å². The summed E-state index contributed by atoms with van der Waals surface area (Å²) < 4.78 is 19.4. The monoisotopic (exact) mass is 294 g/mol. The molecule has 3 rings (SSSR count). The van der Waals surface area contributed by atoms with E-state index in [2.05, 4.69) is 15.1 Å². The first-order valence-corrected chi connectivity index (χ1v) is 6.81. The van der Waals surface area contributed by atoms with Crippen molar-refractivity contribution in [3.63, 3.8) is 0 Å². The van der Waals surface area contributed by atoms with Gasteiger partial charge in [-0.05, 0) is 0 Å². The Morgan fingerprint density at radius 2 is 1.76 bits per heavy atom. The molecule has 0 amide bonds. The van der Waals surface area contributed by atoms with E-state index in [-0.39, 0.29) is 20.3 Å². The van der Waals surface area contributed by atoms with Crippen LogP contribution in [0.3, 0.4) is 0 Å². The van der Waals surface area contributed by atoms with Crippen LogP contribution in [0.25, 0.3) is 21.8 Å². The summed E-state index contributed by atoms with van der Waals surface area (Å²) in [6, 6.07) is 9.95. The fourth-order valence-corrected chi connectivity index (χ4v) is 2.78. The van der Waals surface area contributed by atoms with Gasteiger partial charge in [-0.2, -0.15) is 0 Å². The Kier molecular flexibility index (Phi) is 2.63. The second-order valence-corrected chi connectivity index (χ2v) is 5.38. The van der Waals surface area contributed by atoms with Gasteiger partial charge in [-0.25, -0.2) is 0 Å². The molecule has 0 bridgehead atoms. The molecule has 0 aliphatic rings. The molecule has 2 aromatic heterocycles. The average molecular weight is 293 g/mol. The van der Waals surface area contributed by atoms with Gasteiger partial charge >= 0.3 is 102 Å². The van der Waals surface area contributed by atoms with Crippen molar-refractivity contribution in [2.45, 2.75) is 0 Å². The Balaban J connectivity index is 1.98. The molecule has 3 aromatic rings. The Labute approximate surface area is 103 Å². The second-order valence-electron chi connectivity index (χ2n) is 3.40. The number of nitrogens with zero attached hydrogens (tertiary/aromatic N) is 2. The van der Waals surface area contributed by atoms with E-state index in [1.165, 1.54) is 12.1 Å². The molecule has 1 aromatic carbocycles. The van der Waals surface area contributed by atoms with Gasteiger partial charge < -0.3 is 0 Å². The Hall–Kier alpha value is -1.71. The minimum absolute atomic E-state index is 0.270. The summed E-state index contributed by atoms with van der Waals surface area (Å²) in [5.74, 6) is 0.692. The molecule has 0 radical (unpaired) electrons. The predicted octanol–water partition coefficient (Wildman–Crippen LogP) is 2.60.